The second kappa shape index (κ2) is 4.88. The van der Waals surface area contributed by atoms with E-state index in [1.807, 2.05) is 30.5 Å². The molecule has 4 aromatic rings. The van der Waals surface area contributed by atoms with Gasteiger partial charge in [-0.15, -0.1) is 0 Å². The smallest absolute Gasteiger partial charge is 0.118 e. The van der Waals surface area contributed by atoms with Crippen LogP contribution in [0.5, 0.6) is 5.75 Å². The lowest BCUT2D eigenvalue weighted by Crippen LogP contribution is -1.89. The van der Waals surface area contributed by atoms with Crippen LogP contribution < -0.4 is 4.74 Å². The molecule has 0 amide bonds. The van der Waals surface area contributed by atoms with Gasteiger partial charge in [0.05, 0.1) is 18.3 Å². The van der Waals surface area contributed by atoms with E-state index in [2.05, 4.69) is 46.9 Å². The molecule has 0 saturated heterocycles. The van der Waals surface area contributed by atoms with Gasteiger partial charge < -0.3 is 9.30 Å². The molecule has 0 aliphatic rings. The van der Waals surface area contributed by atoms with Crippen LogP contribution in [0, 0.1) is 0 Å². The quantitative estimate of drug-likeness (QED) is 0.546. The molecule has 0 saturated carbocycles. The molecule has 0 fully saturated rings. The highest BCUT2D eigenvalue weighted by molar-refractivity contribution is 6.08. The number of methoxy groups -OCH3 is 1. The van der Waals surface area contributed by atoms with E-state index >= 15 is 0 Å². The number of rotatable bonds is 2. The highest BCUT2D eigenvalue weighted by Crippen LogP contribution is 2.30. The number of hydrogen-bond donors (Lipinski definition) is 0. The Bertz CT molecular complexity index is 968. The van der Waals surface area contributed by atoms with Gasteiger partial charge in [0.15, 0.2) is 0 Å². The van der Waals surface area contributed by atoms with Crippen molar-refractivity contribution in [2.45, 2.75) is 0 Å². The number of ether oxygens (including phenoxy) is 1. The Kier molecular flexibility index (Phi) is 2.86. The summed E-state index contributed by atoms with van der Waals surface area (Å²) in [6, 6.07) is 18.6. The van der Waals surface area contributed by atoms with E-state index in [9.17, 15) is 0 Å². The number of benzene rings is 2. The van der Waals surface area contributed by atoms with E-state index in [4.69, 9.17) is 4.74 Å². The highest BCUT2D eigenvalue weighted by Gasteiger charge is 2.09. The third-order valence-corrected chi connectivity index (χ3v) is 4.18. The Labute approximate surface area is 128 Å². The average molecular weight is 288 g/mol. The summed E-state index contributed by atoms with van der Waals surface area (Å²) in [6.07, 6.45) is 1.97. The van der Waals surface area contributed by atoms with Crippen molar-refractivity contribution in [3.63, 3.8) is 0 Å². The van der Waals surface area contributed by atoms with E-state index in [-0.39, 0.29) is 0 Å². The maximum absolute atomic E-state index is 5.21. The zero-order valence-electron chi connectivity index (χ0n) is 12.6. The zero-order valence-corrected chi connectivity index (χ0v) is 12.6. The van der Waals surface area contributed by atoms with Crippen molar-refractivity contribution >= 4 is 21.8 Å². The molecule has 0 spiro atoms. The predicted molar refractivity (Wildman–Crippen MR) is 90.2 cm³/mol. The molecule has 0 radical (unpaired) electrons. The molecular weight excluding hydrogens is 272 g/mol. The third kappa shape index (κ3) is 1.86. The Morgan fingerprint density at radius 2 is 1.68 bits per heavy atom. The minimum Gasteiger partial charge on any atom is -0.497 e. The van der Waals surface area contributed by atoms with E-state index in [1.54, 1.807) is 7.11 Å². The summed E-state index contributed by atoms with van der Waals surface area (Å²) in [5.74, 6) is 0.856. The lowest BCUT2D eigenvalue weighted by Gasteiger charge is -2.04. The van der Waals surface area contributed by atoms with Crippen molar-refractivity contribution in [2.24, 2.45) is 7.05 Å². The number of para-hydroxylation sites is 1. The van der Waals surface area contributed by atoms with Gasteiger partial charge in [0.2, 0.25) is 0 Å². The van der Waals surface area contributed by atoms with E-state index < -0.39 is 0 Å². The van der Waals surface area contributed by atoms with Gasteiger partial charge >= 0.3 is 0 Å². The molecule has 0 aliphatic carbocycles. The molecule has 2 aromatic heterocycles. The van der Waals surface area contributed by atoms with Gasteiger partial charge in [-0.2, -0.15) is 0 Å². The topological polar surface area (TPSA) is 27.1 Å². The van der Waals surface area contributed by atoms with Gasteiger partial charge in [-0.05, 0) is 36.4 Å². The molecule has 2 aromatic carbocycles. The number of hydrogen-bond acceptors (Lipinski definition) is 2. The van der Waals surface area contributed by atoms with E-state index in [0.29, 0.717) is 0 Å². The lowest BCUT2D eigenvalue weighted by atomic mass is 10.1. The van der Waals surface area contributed by atoms with E-state index in [1.165, 1.54) is 21.8 Å². The van der Waals surface area contributed by atoms with Crippen LogP contribution in [-0.4, -0.2) is 16.7 Å². The maximum atomic E-state index is 5.21. The number of fused-ring (bicyclic) bond motifs is 3. The van der Waals surface area contributed by atoms with Gasteiger partial charge in [0, 0.05) is 35.1 Å². The van der Waals surface area contributed by atoms with Crippen molar-refractivity contribution in [3.8, 4) is 17.0 Å². The lowest BCUT2D eigenvalue weighted by molar-refractivity contribution is 0.415. The fourth-order valence-electron chi connectivity index (χ4n) is 2.97. The Morgan fingerprint density at radius 3 is 2.45 bits per heavy atom. The summed E-state index contributed by atoms with van der Waals surface area (Å²) in [5, 5.41) is 2.43. The van der Waals surface area contributed by atoms with Crippen LogP contribution in [0.15, 0.2) is 60.8 Å². The summed E-state index contributed by atoms with van der Waals surface area (Å²) in [4.78, 5) is 4.64. The molecule has 0 bridgehead atoms. The zero-order chi connectivity index (χ0) is 15.1. The molecule has 0 N–H and O–H groups in total. The summed E-state index contributed by atoms with van der Waals surface area (Å²) >= 11 is 0. The number of aryl methyl sites for hydroxylation is 1. The molecule has 22 heavy (non-hydrogen) atoms. The predicted octanol–water partition coefficient (Wildman–Crippen LogP) is 4.40. The molecule has 3 heteroatoms. The third-order valence-electron chi connectivity index (χ3n) is 4.18. The van der Waals surface area contributed by atoms with Crippen molar-refractivity contribution in [2.75, 3.05) is 7.11 Å². The van der Waals surface area contributed by atoms with Crippen LogP contribution in [0.4, 0.5) is 0 Å². The molecule has 0 unspecified atom stereocenters. The monoisotopic (exact) mass is 288 g/mol. The first-order chi connectivity index (χ1) is 10.8. The maximum Gasteiger partial charge on any atom is 0.118 e. The van der Waals surface area contributed by atoms with Gasteiger partial charge in [-0.1, -0.05) is 18.2 Å². The van der Waals surface area contributed by atoms with Crippen LogP contribution in [0.2, 0.25) is 0 Å². The van der Waals surface area contributed by atoms with Gasteiger partial charge in [-0.25, -0.2) is 0 Å². The molecule has 0 aliphatic heterocycles. The SMILES string of the molecule is COc1ccc(-c2cc3c(cn2)c2ccccc2n3C)cc1. The second-order valence-corrected chi connectivity index (χ2v) is 5.39. The standard InChI is InChI=1S/C19H16N2O/c1-21-18-6-4-3-5-15(18)16-12-20-17(11-19(16)21)13-7-9-14(22-2)10-8-13/h3-12H,1-2H3. The van der Waals surface area contributed by atoms with Crippen LogP contribution in [-0.2, 0) is 7.05 Å². The summed E-state index contributed by atoms with van der Waals surface area (Å²) < 4.78 is 7.43. The second-order valence-electron chi connectivity index (χ2n) is 5.39. The first-order valence-corrected chi connectivity index (χ1v) is 7.25. The largest absolute Gasteiger partial charge is 0.497 e. The summed E-state index contributed by atoms with van der Waals surface area (Å²) in [6.45, 7) is 0. The highest BCUT2D eigenvalue weighted by atomic mass is 16.5. The van der Waals surface area contributed by atoms with Crippen molar-refractivity contribution in [3.05, 3.63) is 60.8 Å². The minimum atomic E-state index is 0.856. The fourth-order valence-corrected chi connectivity index (χ4v) is 2.97. The van der Waals surface area contributed by atoms with E-state index in [0.717, 1.165) is 17.0 Å². The molecule has 4 rings (SSSR count). The normalized spacial score (nSPS) is 11.2. The Hall–Kier alpha value is -2.81. The van der Waals surface area contributed by atoms with Crippen LogP contribution in [0.25, 0.3) is 33.1 Å². The molecule has 2 heterocycles. The van der Waals surface area contributed by atoms with Crippen molar-refractivity contribution in [1.29, 1.82) is 0 Å². The number of aromatic nitrogens is 2. The number of nitrogens with zero attached hydrogens (tertiary/aromatic N) is 2. The average Bonchev–Trinajstić information content (AvgIpc) is 2.88. The summed E-state index contributed by atoms with van der Waals surface area (Å²) in [7, 11) is 3.78. The molecule has 0 atom stereocenters. The van der Waals surface area contributed by atoms with Crippen molar-refractivity contribution < 1.29 is 4.74 Å². The van der Waals surface area contributed by atoms with Crippen molar-refractivity contribution in [1.82, 2.24) is 9.55 Å². The first kappa shape index (κ1) is 12.9. The van der Waals surface area contributed by atoms with Crippen LogP contribution in [0.3, 0.4) is 0 Å². The Morgan fingerprint density at radius 1 is 0.909 bits per heavy atom. The Balaban J connectivity index is 1.93. The van der Waals surface area contributed by atoms with Gasteiger partial charge in [-0.3, -0.25) is 4.98 Å². The van der Waals surface area contributed by atoms with Crippen LogP contribution >= 0.6 is 0 Å². The first-order valence-electron chi connectivity index (χ1n) is 7.25. The molecule has 108 valence electrons. The molecule has 3 nitrogen and oxygen atoms in total. The van der Waals surface area contributed by atoms with Gasteiger partial charge in [0.1, 0.15) is 5.75 Å². The summed E-state index contributed by atoms with van der Waals surface area (Å²) in [5.41, 5.74) is 4.49. The minimum absolute atomic E-state index is 0.856. The fraction of sp³-hybridized carbons (Fsp3) is 0.105. The van der Waals surface area contributed by atoms with Gasteiger partial charge in [0.25, 0.3) is 0 Å². The number of pyridine rings is 1. The molecular formula is C19H16N2O. The van der Waals surface area contributed by atoms with Crippen LogP contribution in [0.1, 0.15) is 0 Å².